The monoisotopic (exact) mass is 424 g/mol. The van der Waals surface area contributed by atoms with E-state index in [1.54, 1.807) is 0 Å². The van der Waals surface area contributed by atoms with Crippen molar-refractivity contribution in [1.82, 2.24) is 4.98 Å². The smallest absolute Gasteiger partial charge is 0.422 e. The first kappa shape index (κ1) is 22.2. The third-order valence-corrected chi connectivity index (χ3v) is 3.72. The molecule has 2 rings (SSSR count). The first-order valence-electron chi connectivity index (χ1n) is 7.63. The maximum Gasteiger partial charge on any atom is 0.422 e. The molecule has 1 unspecified atom stereocenters. The number of rotatable bonds is 7. The number of halogens is 7. The standard InChI is InChI=1S/C16H11F7N4O2/c17-9-1-3-11(12(18)5-9)14(28,7-26-27-24)16(22,23)13-4-2-10(6-25-13)29-8-15(19,20)21/h1-6,28H,7-8H2. The molecule has 156 valence electrons. The normalized spacial score (nSPS) is 14.1. The van der Waals surface area contributed by atoms with Crippen LogP contribution in [0.1, 0.15) is 11.3 Å². The lowest BCUT2D eigenvalue weighted by atomic mass is 9.84. The summed E-state index contributed by atoms with van der Waals surface area (Å²) in [5.74, 6) is -7.54. The fourth-order valence-electron chi connectivity index (χ4n) is 2.34. The van der Waals surface area contributed by atoms with Gasteiger partial charge in [0, 0.05) is 16.5 Å². The lowest BCUT2D eigenvalue weighted by molar-refractivity contribution is -0.193. The van der Waals surface area contributed by atoms with Gasteiger partial charge in [0.25, 0.3) is 0 Å². The Morgan fingerprint density at radius 3 is 2.31 bits per heavy atom. The van der Waals surface area contributed by atoms with Gasteiger partial charge in [-0.25, -0.2) is 8.78 Å². The molecule has 0 saturated heterocycles. The topological polar surface area (TPSA) is 91.1 Å². The molecule has 0 aliphatic rings. The van der Waals surface area contributed by atoms with E-state index in [9.17, 15) is 27.1 Å². The molecule has 1 atom stereocenters. The summed E-state index contributed by atoms with van der Waals surface area (Å²) in [4.78, 5) is 5.51. The summed E-state index contributed by atoms with van der Waals surface area (Å²) in [6.07, 6.45) is -4.12. The van der Waals surface area contributed by atoms with Crippen LogP contribution < -0.4 is 4.74 Å². The highest BCUT2D eigenvalue weighted by atomic mass is 19.4. The fraction of sp³-hybridized carbons (Fsp3) is 0.312. The number of alkyl halides is 5. The van der Waals surface area contributed by atoms with E-state index in [0.717, 1.165) is 6.07 Å². The Balaban J connectivity index is 2.45. The van der Waals surface area contributed by atoms with Crippen molar-refractivity contribution in [1.29, 1.82) is 0 Å². The van der Waals surface area contributed by atoms with E-state index in [0.29, 0.717) is 24.4 Å². The van der Waals surface area contributed by atoms with Gasteiger partial charge in [-0.3, -0.25) is 4.98 Å². The average molecular weight is 424 g/mol. The molecule has 0 aliphatic heterocycles. The van der Waals surface area contributed by atoms with E-state index in [4.69, 9.17) is 5.53 Å². The number of benzene rings is 1. The minimum absolute atomic E-state index is 0.244. The van der Waals surface area contributed by atoms with Gasteiger partial charge < -0.3 is 9.84 Å². The number of hydrogen-bond acceptors (Lipinski definition) is 4. The molecule has 29 heavy (non-hydrogen) atoms. The van der Waals surface area contributed by atoms with E-state index >= 15 is 8.78 Å². The van der Waals surface area contributed by atoms with E-state index < -0.39 is 59.5 Å². The highest BCUT2D eigenvalue weighted by molar-refractivity contribution is 5.33. The van der Waals surface area contributed by atoms with Crippen molar-refractivity contribution in [2.75, 3.05) is 13.2 Å². The molecule has 2 aromatic rings. The lowest BCUT2D eigenvalue weighted by Gasteiger charge is -2.35. The number of azide groups is 1. The molecule has 0 bridgehead atoms. The molecule has 1 heterocycles. The summed E-state index contributed by atoms with van der Waals surface area (Å²) in [6, 6.07) is 2.68. The summed E-state index contributed by atoms with van der Waals surface area (Å²) in [5.41, 5.74) is 2.68. The molecule has 0 amide bonds. The number of nitrogens with zero attached hydrogens (tertiary/aromatic N) is 4. The van der Waals surface area contributed by atoms with Gasteiger partial charge in [0.15, 0.2) is 12.2 Å². The second kappa shape index (κ2) is 8.13. The molecule has 6 nitrogen and oxygen atoms in total. The van der Waals surface area contributed by atoms with Crippen molar-refractivity contribution in [3.63, 3.8) is 0 Å². The Kier molecular flexibility index (Phi) is 6.24. The highest BCUT2D eigenvalue weighted by Gasteiger charge is 2.57. The van der Waals surface area contributed by atoms with Crippen LogP contribution in [0.4, 0.5) is 30.7 Å². The molecular formula is C16H11F7N4O2. The number of hydrogen-bond donors (Lipinski definition) is 1. The Hall–Kier alpha value is -3.05. The zero-order valence-corrected chi connectivity index (χ0v) is 14.2. The van der Waals surface area contributed by atoms with Crippen molar-refractivity contribution in [3.05, 3.63) is 69.9 Å². The minimum Gasteiger partial charge on any atom is -0.483 e. The summed E-state index contributed by atoms with van der Waals surface area (Å²) in [5, 5.41) is 13.4. The SMILES string of the molecule is [N-]=[N+]=NCC(O)(c1ccc(F)cc1F)C(F)(F)c1ccc(OCC(F)(F)F)cn1. The van der Waals surface area contributed by atoms with Crippen LogP contribution in [-0.2, 0) is 11.5 Å². The number of aliphatic hydroxyl groups is 1. The van der Waals surface area contributed by atoms with Crippen LogP contribution >= 0.6 is 0 Å². The van der Waals surface area contributed by atoms with Gasteiger partial charge in [-0.1, -0.05) is 11.2 Å². The average Bonchev–Trinajstić information content (AvgIpc) is 2.64. The van der Waals surface area contributed by atoms with Crippen LogP contribution in [0.5, 0.6) is 5.75 Å². The van der Waals surface area contributed by atoms with Crippen LogP contribution in [-0.4, -0.2) is 29.4 Å². The van der Waals surface area contributed by atoms with Crippen molar-refractivity contribution in [3.8, 4) is 5.75 Å². The van der Waals surface area contributed by atoms with Crippen molar-refractivity contribution in [2.24, 2.45) is 5.11 Å². The summed E-state index contributed by atoms with van der Waals surface area (Å²) >= 11 is 0. The summed E-state index contributed by atoms with van der Waals surface area (Å²) in [7, 11) is 0. The van der Waals surface area contributed by atoms with Crippen molar-refractivity contribution < 1.29 is 40.6 Å². The maximum atomic E-state index is 15.0. The second-order valence-electron chi connectivity index (χ2n) is 5.73. The molecule has 0 saturated carbocycles. The molecule has 1 aromatic heterocycles. The zero-order valence-electron chi connectivity index (χ0n) is 14.2. The Bertz CT molecular complexity index is 914. The van der Waals surface area contributed by atoms with Gasteiger partial charge in [0.05, 0.1) is 12.7 Å². The lowest BCUT2D eigenvalue weighted by Crippen LogP contribution is -2.47. The molecule has 1 N–H and O–H groups in total. The van der Waals surface area contributed by atoms with Crippen molar-refractivity contribution in [2.45, 2.75) is 17.7 Å². The molecule has 13 heteroatoms. The summed E-state index contributed by atoms with van der Waals surface area (Å²) < 4.78 is 98.0. The molecule has 0 spiro atoms. The Morgan fingerprint density at radius 1 is 1.10 bits per heavy atom. The summed E-state index contributed by atoms with van der Waals surface area (Å²) in [6.45, 7) is -3.04. The number of pyridine rings is 1. The predicted octanol–water partition coefficient (Wildman–Crippen LogP) is 4.59. The first-order chi connectivity index (χ1) is 13.4. The van der Waals surface area contributed by atoms with Gasteiger partial charge >= 0.3 is 12.1 Å². The van der Waals surface area contributed by atoms with E-state index in [1.165, 1.54) is 0 Å². The van der Waals surface area contributed by atoms with Crippen LogP contribution in [0, 0.1) is 11.6 Å². The van der Waals surface area contributed by atoms with E-state index in [-0.39, 0.29) is 6.07 Å². The maximum absolute atomic E-state index is 15.0. The third kappa shape index (κ3) is 4.87. The molecule has 0 fully saturated rings. The molecular weight excluding hydrogens is 413 g/mol. The van der Waals surface area contributed by atoms with E-state index in [1.807, 2.05) is 0 Å². The van der Waals surface area contributed by atoms with Crippen LogP contribution in [0.25, 0.3) is 10.4 Å². The van der Waals surface area contributed by atoms with Crippen LogP contribution in [0.3, 0.4) is 0 Å². The number of aromatic nitrogens is 1. The molecule has 0 aliphatic carbocycles. The molecule has 1 aromatic carbocycles. The van der Waals surface area contributed by atoms with E-state index in [2.05, 4.69) is 19.7 Å². The fourth-order valence-corrected chi connectivity index (χ4v) is 2.34. The Labute approximate surface area is 158 Å². The number of ether oxygens (including phenoxy) is 1. The van der Waals surface area contributed by atoms with Gasteiger partial charge in [0.2, 0.25) is 0 Å². The zero-order chi connectivity index (χ0) is 21.9. The largest absolute Gasteiger partial charge is 0.483 e. The van der Waals surface area contributed by atoms with Gasteiger partial charge in [-0.2, -0.15) is 22.0 Å². The van der Waals surface area contributed by atoms with Crippen molar-refractivity contribution >= 4 is 0 Å². The quantitative estimate of drug-likeness (QED) is 0.305. The van der Waals surface area contributed by atoms with Gasteiger partial charge in [-0.15, -0.1) is 0 Å². The minimum atomic E-state index is -4.67. The van der Waals surface area contributed by atoms with Crippen LogP contribution in [0.15, 0.2) is 41.6 Å². The third-order valence-electron chi connectivity index (χ3n) is 3.72. The van der Waals surface area contributed by atoms with Gasteiger partial charge in [-0.05, 0) is 23.7 Å². The second-order valence-corrected chi connectivity index (χ2v) is 5.73. The molecule has 0 radical (unpaired) electrons. The highest BCUT2D eigenvalue weighted by Crippen LogP contribution is 2.46. The Morgan fingerprint density at radius 2 is 1.79 bits per heavy atom. The predicted molar refractivity (Wildman–Crippen MR) is 83.9 cm³/mol. The van der Waals surface area contributed by atoms with Crippen LogP contribution in [0.2, 0.25) is 0 Å². The first-order valence-corrected chi connectivity index (χ1v) is 7.63. The van der Waals surface area contributed by atoms with Gasteiger partial charge in [0.1, 0.15) is 23.1 Å².